The van der Waals surface area contributed by atoms with Crippen LogP contribution in [-0.4, -0.2) is 16.1 Å². The maximum absolute atomic E-state index is 12.3. The third-order valence-corrected chi connectivity index (χ3v) is 4.93. The molecule has 0 bridgehead atoms. The molecule has 1 amide bonds. The predicted molar refractivity (Wildman–Crippen MR) is 86.3 cm³/mol. The van der Waals surface area contributed by atoms with Gasteiger partial charge in [0.2, 0.25) is 5.91 Å². The van der Waals surface area contributed by atoms with Crippen molar-refractivity contribution in [3.8, 4) is 0 Å². The van der Waals surface area contributed by atoms with Gasteiger partial charge in [-0.25, -0.2) is 0 Å². The molecule has 0 saturated heterocycles. The molecule has 6 heteroatoms. The fraction of sp³-hybridized carbons (Fsp3) is 0.188. The number of hydrogen-bond acceptors (Lipinski definition) is 4. The van der Waals surface area contributed by atoms with Gasteiger partial charge >= 0.3 is 0 Å². The Morgan fingerprint density at radius 1 is 1.32 bits per heavy atom. The molecular weight excluding hydrogens is 300 g/mol. The fourth-order valence-electron chi connectivity index (χ4n) is 2.43. The first-order chi connectivity index (χ1) is 10.5. The van der Waals surface area contributed by atoms with Crippen LogP contribution >= 0.6 is 11.8 Å². The molecule has 3 rings (SSSR count). The van der Waals surface area contributed by atoms with Crippen molar-refractivity contribution in [2.45, 2.75) is 23.5 Å². The zero-order chi connectivity index (χ0) is 15.7. The largest absolute Gasteiger partial charge is 0.325 e. The fourth-order valence-corrected chi connectivity index (χ4v) is 3.63. The first-order valence-corrected chi connectivity index (χ1v) is 7.73. The standard InChI is InChI=1S/C16H14N2O3S/c1-10-6-7-12(9-13(10)18(20)21)17-16(19)15-8-11-4-2-3-5-14(11)22-15/h2-7,9,15H,8H2,1H3,(H,17,19). The Bertz CT molecular complexity index is 736. The minimum absolute atomic E-state index is 0.0140. The maximum Gasteiger partial charge on any atom is 0.274 e. The van der Waals surface area contributed by atoms with Gasteiger partial charge in [-0.3, -0.25) is 14.9 Å². The van der Waals surface area contributed by atoms with Crippen LogP contribution in [0.4, 0.5) is 11.4 Å². The molecule has 0 radical (unpaired) electrons. The number of anilines is 1. The highest BCUT2D eigenvalue weighted by Gasteiger charge is 2.28. The summed E-state index contributed by atoms with van der Waals surface area (Å²) in [5.41, 5.74) is 2.21. The SMILES string of the molecule is Cc1ccc(NC(=O)C2Cc3ccccc3S2)cc1[N+](=O)[O-]. The number of amides is 1. The van der Waals surface area contributed by atoms with Crippen molar-refractivity contribution in [3.63, 3.8) is 0 Å². The van der Waals surface area contributed by atoms with Crippen LogP contribution in [-0.2, 0) is 11.2 Å². The van der Waals surface area contributed by atoms with Crippen molar-refractivity contribution in [2.75, 3.05) is 5.32 Å². The summed E-state index contributed by atoms with van der Waals surface area (Å²) >= 11 is 1.53. The summed E-state index contributed by atoms with van der Waals surface area (Å²) in [7, 11) is 0. The topological polar surface area (TPSA) is 72.2 Å². The number of benzene rings is 2. The molecule has 1 heterocycles. The molecule has 1 N–H and O–H groups in total. The minimum atomic E-state index is -0.439. The molecule has 2 aromatic rings. The van der Waals surface area contributed by atoms with Crippen molar-refractivity contribution in [3.05, 3.63) is 63.7 Å². The minimum Gasteiger partial charge on any atom is -0.325 e. The monoisotopic (exact) mass is 314 g/mol. The van der Waals surface area contributed by atoms with Crippen LogP contribution in [0.3, 0.4) is 0 Å². The number of aryl methyl sites for hydroxylation is 1. The third kappa shape index (κ3) is 2.82. The van der Waals surface area contributed by atoms with Gasteiger partial charge in [0.25, 0.3) is 5.69 Å². The highest BCUT2D eigenvalue weighted by molar-refractivity contribution is 8.01. The number of nitrogens with one attached hydrogen (secondary N) is 1. The van der Waals surface area contributed by atoms with Gasteiger partial charge < -0.3 is 5.32 Å². The second kappa shape index (κ2) is 5.81. The van der Waals surface area contributed by atoms with Crippen LogP contribution in [0.5, 0.6) is 0 Å². The summed E-state index contributed by atoms with van der Waals surface area (Å²) in [6, 6.07) is 12.7. The molecule has 112 valence electrons. The van der Waals surface area contributed by atoms with Crippen molar-refractivity contribution in [1.29, 1.82) is 0 Å². The third-order valence-electron chi connectivity index (χ3n) is 3.61. The highest BCUT2D eigenvalue weighted by atomic mass is 32.2. The van der Waals surface area contributed by atoms with E-state index < -0.39 is 4.92 Å². The van der Waals surface area contributed by atoms with Crippen LogP contribution in [0.1, 0.15) is 11.1 Å². The van der Waals surface area contributed by atoms with E-state index in [9.17, 15) is 14.9 Å². The summed E-state index contributed by atoms with van der Waals surface area (Å²) < 4.78 is 0. The average molecular weight is 314 g/mol. The molecule has 5 nitrogen and oxygen atoms in total. The van der Waals surface area contributed by atoms with E-state index in [-0.39, 0.29) is 16.8 Å². The molecule has 22 heavy (non-hydrogen) atoms. The normalized spacial score (nSPS) is 16.1. The lowest BCUT2D eigenvalue weighted by atomic mass is 10.1. The Morgan fingerprint density at radius 2 is 2.09 bits per heavy atom. The molecule has 1 aliphatic rings. The average Bonchev–Trinajstić information content (AvgIpc) is 2.93. The van der Waals surface area contributed by atoms with Gasteiger partial charge in [-0.1, -0.05) is 24.3 Å². The van der Waals surface area contributed by atoms with Crippen LogP contribution < -0.4 is 5.32 Å². The second-order valence-electron chi connectivity index (χ2n) is 5.17. The van der Waals surface area contributed by atoms with Gasteiger partial charge in [0.05, 0.1) is 10.2 Å². The number of fused-ring (bicyclic) bond motifs is 1. The van der Waals surface area contributed by atoms with Crippen molar-refractivity contribution >= 4 is 29.0 Å². The van der Waals surface area contributed by atoms with E-state index in [2.05, 4.69) is 5.32 Å². The summed E-state index contributed by atoms with van der Waals surface area (Å²) in [5, 5.41) is 13.5. The molecular formula is C16H14N2O3S. The van der Waals surface area contributed by atoms with Gasteiger partial charge in [0, 0.05) is 22.2 Å². The number of rotatable bonds is 3. The number of nitrogens with zero attached hydrogens (tertiary/aromatic N) is 1. The number of hydrogen-bond donors (Lipinski definition) is 1. The Balaban J connectivity index is 1.73. The first-order valence-electron chi connectivity index (χ1n) is 6.85. The van der Waals surface area contributed by atoms with Crippen LogP contribution in [0.15, 0.2) is 47.4 Å². The van der Waals surface area contributed by atoms with Crippen LogP contribution in [0, 0.1) is 17.0 Å². The van der Waals surface area contributed by atoms with Gasteiger partial charge in [-0.15, -0.1) is 11.8 Å². The van der Waals surface area contributed by atoms with E-state index in [1.165, 1.54) is 23.4 Å². The molecule has 1 aliphatic heterocycles. The molecule has 0 aliphatic carbocycles. The van der Waals surface area contributed by atoms with Crippen LogP contribution in [0.2, 0.25) is 0 Å². The Kier molecular flexibility index (Phi) is 3.85. The molecule has 0 fully saturated rings. The Morgan fingerprint density at radius 3 is 2.82 bits per heavy atom. The maximum atomic E-state index is 12.3. The second-order valence-corrected chi connectivity index (χ2v) is 6.41. The van der Waals surface area contributed by atoms with Crippen molar-refractivity contribution < 1.29 is 9.72 Å². The summed E-state index contributed by atoms with van der Waals surface area (Å²) in [6.45, 7) is 1.67. The van der Waals surface area contributed by atoms with Gasteiger partial charge in [-0.05, 0) is 31.0 Å². The zero-order valence-corrected chi connectivity index (χ0v) is 12.7. The van der Waals surface area contributed by atoms with Gasteiger partial charge in [0.15, 0.2) is 0 Å². The number of carbonyl (C=O) groups excluding carboxylic acids is 1. The lowest BCUT2D eigenvalue weighted by Gasteiger charge is -2.10. The van der Waals surface area contributed by atoms with E-state index in [4.69, 9.17) is 0 Å². The van der Waals surface area contributed by atoms with E-state index in [0.29, 0.717) is 17.7 Å². The Labute approximate surface area is 131 Å². The first kappa shape index (κ1) is 14.6. The van der Waals surface area contributed by atoms with Gasteiger partial charge in [-0.2, -0.15) is 0 Å². The van der Waals surface area contributed by atoms with Crippen molar-refractivity contribution in [1.82, 2.24) is 0 Å². The molecule has 1 unspecified atom stereocenters. The smallest absolute Gasteiger partial charge is 0.274 e. The molecule has 0 spiro atoms. The van der Waals surface area contributed by atoms with Crippen molar-refractivity contribution in [2.24, 2.45) is 0 Å². The summed E-state index contributed by atoms with van der Waals surface area (Å²) in [4.78, 5) is 24.0. The molecule has 1 atom stereocenters. The highest BCUT2D eigenvalue weighted by Crippen LogP contribution is 2.37. The van der Waals surface area contributed by atoms with Crippen LogP contribution in [0.25, 0.3) is 0 Å². The lowest BCUT2D eigenvalue weighted by Crippen LogP contribution is -2.24. The molecule has 0 aromatic heterocycles. The number of carbonyl (C=O) groups is 1. The number of thioether (sulfide) groups is 1. The van der Waals surface area contributed by atoms with E-state index in [0.717, 1.165) is 4.90 Å². The molecule has 0 saturated carbocycles. The van der Waals surface area contributed by atoms with E-state index in [1.807, 2.05) is 24.3 Å². The van der Waals surface area contributed by atoms with E-state index in [1.54, 1.807) is 19.1 Å². The molecule has 2 aromatic carbocycles. The summed E-state index contributed by atoms with van der Waals surface area (Å²) in [6.07, 6.45) is 0.681. The zero-order valence-electron chi connectivity index (χ0n) is 11.9. The van der Waals surface area contributed by atoms with E-state index >= 15 is 0 Å². The summed E-state index contributed by atoms with van der Waals surface area (Å²) in [5.74, 6) is -0.126. The van der Waals surface area contributed by atoms with Gasteiger partial charge in [0.1, 0.15) is 0 Å². The number of nitro benzene ring substituents is 1. The number of nitro groups is 1. The Hall–Kier alpha value is -2.34. The lowest BCUT2D eigenvalue weighted by molar-refractivity contribution is -0.385. The predicted octanol–water partition coefficient (Wildman–Crippen LogP) is 3.56. The quantitative estimate of drug-likeness (QED) is 0.694.